The zero-order valence-electron chi connectivity index (χ0n) is 16.2. The molecule has 1 aliphatic rings. The van der Waals surface area contributed by atoms with Gasteiger partial charge in [-0.3, -0.25) is 14.4 Å². The summed E-state index contributed by atoms with van der Waals surface area (Å²) in [6.45, 7) is 5.98. The van der Waals surface area contributed by atoms with Crippen LogP contribution in [0, 0.1) is 0 Å². The fraction of sp³-hybridized carbons (Fsp3) is 0.136. The summed E-state index contributed by atoms with van der Waals surface area (Å²) >= 11 is 1.40. The minimum atomic E-state index is -0.326. The molecule has 8 heteroatoms. The second kappa shape index (κ2) is 8.00. The summed E-state index contributed by atoms with van der Waals surface area (Å²) in [4.78, 5) is 37.3. The molecular formula is C22H20N4O3S. The zero-order valence-corrected chi connectivity index (χ0v) is 17.1. The summed E-state index contributed by atoms with van der Waals surface area (Å²) in [7, 11) is 0. The molecule has 3 aromatic rings. The Bertz CT molecular complexity index is 1180. The lowest BCUT2D eigenvalue weighted by Gasteiger charge is -2.10. The van der Waals surface area contributed by atoms with Crippen molar-refractivity contribution in [2.75, 3.05) is 22.5 Å². The van der Waals surface area contributed by atoms with Gasteiger partial charge in [-0.1, -0.05) is 12.6 Å². The average Bonchev–Trinajstić information content (AvgIpc) is 3.03. The van der Waals surface area contributed by atoms with Gasteiger partial charge < -0.3 is 21.3 Å². The van der Waals surface area contributed by atoms with E-state index in [-0.39, 0.29) is 23.8 Å². The molecule has 0 aliphatic carbocycles. The molecule has 3 amide bonds. The number of hydrogen-bond donors (Lipinski definition) is 4. The fourth-order valence-corrected chi connectivity index (χ4v) is 4.30. The average molecular weight is 420 g/mol. The van der Waals surface area contributed by atoms with Gasteiger partial charge in [-0.2, -0.15) is 0 Å². The Balaban J connectivity index is 1.60. The molecule has 0 bridgehead atoms. The van der Waals surface area contributed by atoms with Gasteiger partial charge in [-0.15, -0.1) is 11.3 Å². The SMILES string of the molecule is C=CC(=O)Nc1cccc(NC(=O)c2ccc3sc4c(c3c2)NCC(C)NC4=O)c1. The molecule has 0 fully saturated rings. The largest absolute Gasteiger partial charge is 0.381 e. The van der Waals surface area contributed by atoms with Crippen molar-refractivity contribution in [3.8, 4) is 0 Å². The lowest BCUT2D eigenvalue weighted by molar-refractivity contribution is -0.111. The van der Waals surface area contributed by atoms with Crippen molar-refractivity contribution >= 4 is 56.2 Å². The summed E-state index contributed by atoms with van der Waals surface area (Å²) < 4.78 is 0.933. The number of fused-ring (bicyclic) bond motifs is 3. The monoisotopic (exact) mass is 420 g/mol. The zero-order chi connectivity index (χ0) is 21.3. The number of benzene rings is 2. The summed E-state index contributed by atoms with van der Waals surface area (Å²) in [5, 5.41) is 12.6. The second-order valence-electron chi connectivity index (χ2n) is 7.00. The summed E-state index contributed by atoms with van der Waals surface area (Å²) in [6.07, 6.45) is 1.18. The van der Waals surface area contributed by atoms with Crippen LogP contribution in [-0.2, 0) is 4.79 Å². The third-order valence-electron chi connectivity index (χ3n) is 4.69. The first-order valence-electron chi connectivity index (χ1n) is 9.40. The molecule has 2 aromatic carbocycles. The number of anilines is 3. The van der Waals surface area contributed by atoms with Gasteiger partial charge in [0.15, 0.2) is 0 Å². The van der Waals surface area contributed by atoms with Crippen molar-refractivity contribution < 1.29 is 14.4 Å². The first kappa shape index (κ1) is 19.7. The normalized spacial score (nSPS) is 15.4. The Hall–Kier alpha value is -3.65. The maximum Gasteiger partial charge on any atom is 0.263 e. The van der Waals surface area contributed by atoms with E-state index in [1.807, 2.05) is 13.0 Å². The van der Waals surface area contributed by atoms with Crippen LogP contribution in [0.25, 0.3) is 10.1 Å². The molecular weight excluding hydrogens is 400 g/mol. The number of rotatable bonds is 4. The minimum absolute atomic E-state index is 0.0208. The molecule has 0 radical (unpaired) electrons. The van der Waals surface area contributed by atoms with Gasteiger partial charge in [0.1, 0.15) is 4.88 Å². The number of thiophene rings is 1. The van der Waals surface area contributed by atoms with Crippen LogP contribution in [0.1, 0.15) is 27.0 Å². The van der Waals surface area contributed by atoms with Gasteiger partial charge in [0.2, 0.25) is 5.91 Å². The van der Waals surface area contributed by atoms with Crippen LogP contribution in [0.2, 0.25) is 0 Å². The second-order valence-corrected chi connectivity index (χ2v) is 8.05. The molecule has 4 N–H and O–H groups in total. The van der Waals surface area contributed by atoms with Crippen LogP contribution in [0.4, 0.5) is 17.1 Å². The molecule has 2 heterocycles. The predicted octanol–water partition coefficient (Wildman–Crippen LogP) is 3.82. The molecule has 152 valence electrons. The van der Waals surface area contributed by atoms with E-state index in [2.05, 4.69) is 27.8 Å². The molecule has 30 heavy (non-hydrogen) atoms. The highest BCUT2D eigenvalue weighted by molar-refractivity contribution is 7.21. The van der Waals surface area contributed by atoms with Crippen molar-refractivity contribution in [3.05, 3.63) is 65.6 Å². The van der Waals surface area contributed by atoms with E-state index in [0.29, 0.717) is 28.4 Å². The van der Waals surface area contributed by atoms with E-state index in [0.717, 1.165) is 15.8 Å². The highest BCUT2D eigenvalue weighted by Crippen LogP contribution is 2.37. The van der Waals surface area contributed by atoms with Crippen LogP contribution in [0.5, 0.6) is 0 Å². The molecule has 1 unspecified atom stereocenters. The Kier molecular flexibility index (Phi) is 5.24. The van der Waals surface area contributed by atoms with E-state index < -0.39 is 0 Å². The van der Waals surface area contributed by atoms with E-state index in [9.17, 15) is 14.4 Å². The van der Waals surface area contributed by atoms with Gasteiger partial charge in [-0.25, -0.2) is 0 Å². The van der Waals surface area contributed by atoms with Gasteiger partial charge >= 0.3 is 0 Å². The van der Waals surface area contributed by atoms with Crippen LogP contribution >= 0.6 is 11.3 Å². The van der Waals surface area contributed by atoms with Gasteiger partial charge in [0.25, 0.3) is 11.8 Å². The number of nitrogens with one attached hydrogen (secondary N) is 4. The molecule has 1 aliphatic heterocycles. The molecule has 4 rings (SSSR count). The van der Waals surface area contributed by atoms with Crippen molar-refractivity contribution in [3.63, 3.8) is 0 Å². The topological polar surface area (TPSA) is 99.3 Å². The number of hydrogen-bond acceptors (Lipinski definition) is 5. The van der Waals surface area contributed by atoms with Crippen molar-refractivity contribution in [2.24, 2.45) is 0 Å². The molecule has 0 spiro atoms. The van der Waals surface area contributed by atoms with Crippen LogP contribution in [0.3, 0.4) is 0 Å². The molecule has 1 atom stereocenters. The number of carbonyl (C=O) groups is 3. The maximum atomic E-state index is 12.8. The van der Waals surface area contributed by atoms with Gasteiger partial charge in [0, 0.05) is 39.6 Å². The standard InChI is InChI=1S/C22H20N4O3S/c1-3-18(27)25-14-5-4-6-15(10-14)26-21(28)13-7-8-17-16(9-13)19-20(30-17)22(29)24-12(2)11-23-19/h3-10,12,23H,1,11H2,2H3,(H,24,29)(H,25,27)(H,26,28). The Morgan fingerprint density at radius 1 is 1.17 bits per heavy atom. The van der Waals surface area contributed by atoms with E-state index >= 15 is 0 Å². The summed E-state index contributed by atoms with van der Waals surface area (Å²) in [5.74, 6) is -0.712. The van der Waals surface area contributed by atoms with Crippen molar-refractivity contribution in [1.82, 2.24) is 5.32 Å². The van der Waals surface area contributed by atoms with Gasteiger partial charge in [-0.05, 0) is 49.4 Å². The minimum Gasteiger partial charge on any atom is -0.381 e. The van der Waals surface area contributed by atoms with E-state index in [4.69, 9.17) is 0 Å². The molecule has 0 saturated heterocycles. The van der Waals surface area contributed by atoms with E-state index in [1.54, 1.807) is 36.4 Å². The summed E-state index contributed by atoms with van der Waals surface area (Å²) in [5.41, 5.74) is 2.35. The third-order valence-corrected chi connectivity index (χ3v) is 5.86. The van der Waals surface area contributed by atoms with Crippen LogP contribution in [0.15, 0.2) is 55.1 Å². The lowest BCUT2D eigenvalue weighted by Crippen LogP contribution is -2.34. The molecule has 0 saturated carbocycles. The Morgan fingerprint density at radius 3 is 2.70 bits per heavy atom. The fourth-order valence-electron chi connectivity index (χ4n) is 3.24. The number of carbonyl (C=O) groups excluding carboxylic acids is 3. The highest BCUT2D eigenvalue weighted by Gasteiger charge is 2.24. The first-order valence-corrected chi connectivity index (χ1v) is 10.2. The van der Waals surface area contributed by atoms with Gasteiger partial charge in [0.05, 0.1) is 5.69 Å². The van der Waals surface area contributed by atoms with E-state index in [1.165, 1.54) is 17.4 Å². The third kappa shape index (κ3) is 3.90. The van der Waals surface area contributed by atoms with Crippen LogP contribution < -0.4 is 21.3 Å². The Morgan fingerprint density at radius 2 is 1.93 bits per heavy atom. The first-order chi connectivity index (χ1) is 14.4. The van der Waals surface area contributed by atoms with Crippen molar-refractivity contribution in [1.29, 1.82) is 0 Å². The summed E-state index contributed by atoms with van der Waals surface area (Å²) in [6, 6.07) is 12.3. The lowest BCUT2D eigenvalue weighted by atomic mass is 10.1. The van der Waals surface area contributed by atoms with Crippen molar-refractivity contribution in [2.45, 2.75) is 13.0 Å². The smallest absolute Gasteiger partial charge is 0.263 e. The predicted molar refractivity (Wildman–Crippen MR) is 120 cm³/mol. The van der Waals surface area contributed by atoms with Crippen LogP contribution in [-0.4, -0.2) is 30.3 Å². The molecule has 1 aromatic heterocycles. The quantitative estimate of drug-likeness (QED) is 0.482. The Labute approximate surface area is 177 Å². The molecule has 7 nitrogen and oxygen atoms in total. The number of amides is 3. The highest BCUT2D eigenvalue weighted by atomic mass is 32.1. The maximum absolute atomic E-state index is 12.8.